The van der Waals surface area contributed by atoms with Gasteiger partial charge in [0.25, 0.3) is 0 Å². The zero-order valence-electron chi connectivity index (χ0n) is 13.7. The van der Waals surface area contributed by atoms with Crippen LogP contribution in [0.5, 0.6) is 5.75 Å². The molecule has 0 amide bonds. The number of pyridine rings is 1. The van der Waals surface area contributed by atoms with Crippen LogP contribution < -0.4 is 10.1 Å². The number of halogens is 2. The van der Waals surface area contributed by atoms with Crippen LogP contribution in [0.4, 0.5) is 4.39 Å². The monoisotopic (exact) mass is 401 g/mol. The van der Waals surface area contributed by atoms with Crippen LogP contribution in [0, 0.1) is 5.82 Å². The minimum Gasteiger partial charge on any atom is -0.496 e. The number of rotatable bonds is 3. The van der Waals surface area contributed by atoms with Gasteiger partial charge in [0.1, 0.15) is 17.2 Å². The highest BCUT2D eigenvalue weighted by atomic mass is 79.9. The summed E-state index contributed by atoms with van der Waals surface area (Å²) in [5.74, 6) is 0.332. The molecule has 0 fully saturated rings. The molecule has 1 aliphatic rings. The Morgan fingerprint density at radius 2 is 2.12 bits per heavy atom. The second-order valence-electron chi connectivity index (χ2n) is 5.92. The van der Waals surface area contributed by atoms with Crippen LogP contribution in [-0.4, -0.2) is 30.2 Å². The van der Waals surface area contributed by atoms with E-state index in [1.165, 1.54) is 17.7 Å². The number of aromatic nitrogens is 2. The van der Waals surface area contributed by atoms with Gasteiger partial charge < -0.3 is 15.0 Å². The minimum atomic E-state index is -0.297. The maximum atomic E-state index is 13.9. The molecular weight excluding hydrogens is 385 g/mol. The van der Waals surface area contributed by atoms with Crippen LogP contribution in [0.2, 0.25) is 0 Å². The Balaban J connectivity index is 1.96. The molecule has 0 atom stereocenters. The van der Waals surface area contributed by atoms with Crippen LogP contribution in [-0.2, 0) is 0 Å². The summed E-state index contributed by atoms with van der Waals surface area (Å²) in [5.41, 5.74) is 4.64. The molecule has 2 N–H and O–H groups in total. The molecule has 3 aromatic rings. The molecule has 0 bridgehead atoms. The highest BCUT2D eigenvalue weighted by molar-refractivity contribution is 9.10. The van der Waals surface area contributed by atoms with Crippen molar-refractivity contribution in [2.45, 2.75) is 6.42 Å². The van der Waals surface area contributed by atoms with Gasteiger partial charge in [-0.3, -0.25) is 0 Å². The Kier molecular flexibility index (Phi) is 4.31. The van der Waals surface area contributed by atoms with Crippen molar-refractivity contribution in [2.75, 3.05) is 20.2 Å². The largest absolute Gasteiger partial charge is 0.496 e. The average molecular weight is 402 g/mol. The van der Waals surface area contributed by atoms with E-state index in [0.29, 0.717) is 11.3 Å². The second-order valence-corrected chi connectivity index (χ2v) is 6.72. The van der Waals surface area contributed by atoms with Gasteiger partial charge in [-0.1, -0.05) is 6.08 Å². The lowest BCUT2D eigenvalue weighted by Gasteiger charge is -2.13. The van der Waals surface area contributed by atoms with E-state index in [9.17, 15) is 4.39 Å². The van der Waals surface area contributed by atoms with Gasteiger partial charge in [0.15, 0.2) is 0 Å². The Bertz CT molecular complexity index is 980. The molecule has 4 rings (SSSR count). The second kappa shape index (κ2) is 6.61. The van der Waals surface area contributed by atoms with Crippen molar-refractivity contribution in [3.05, 3.63) is 52.5 Å². The van der Waals surface area contributed by atoms with Crippen LogP contribution in [0.1, 0.15) is 12.1 Å². The first-order valence-electron chi connectivity index (χ1n) is 8.09. The third-order valence-electron chi connectivity index (χ3n) is 4.47. The van der Waals surface area contributed by atoms with E-state index in [4.69, 9.17) is 4.74 Å². The fourth-order valence-electron chi connectivity index (χ4n) is 3.26. The molecule has 4 nitrogen and oxygen atoms in total. The van der Waals surface area contributed by atoms with Crippen molar-refractivity contribution >= 4 is 32.5 Å². The Morgan fingerprint density at radius 1 is 1.24 bits per heavy atom. The van der Waals surface area contributed by atoms with E-state index in [1.54, 1.807) is 19.4 Å². The van der Waals surface area contributed by atoms with Crippen LogP contribution in [0.15, 0.2) is 41.0 Å². The fraction of sp³-hybridized carbons (Fsp3) is 0.211. The summed E-state index contributed by atoms with van der Waals surface area (Å²) in [6.07, 6.45) is 4.86. The fourth-order valence-corrected chi connectivity index (χ4v) is 4.02. The Labute approximate surface area is 153 Å². The summed E-state index contributed by atoms with van der Waals surface area (Å²) in [6.45, 7) is 1.81. The van der Waals surface area contributed by atoms with E-state index in [1.807, 2.05) is 6.07 Å². The highest BCUT2D eigenvalue weighted by Crippen LogP contribution is 2.41. The summed E-state index contributed by atoms with van der Waals surface area (Å²) in [4.78, 5) is 7.87. The molecule has 0 spiro atoms. The predicted octanol–water partition coefficient (Wildman–Crippen LogP) is 4.52. The Morgan fingerprint density at radius 3 is 2.88 bits per heavy atom. The highest BCUT2D eigenvalue weighted by Gasteiger charge is 2.20. The molecule has 0 saturated heterocycles. The number of aromatic amines is 1. The predicted molar refractivity (Wildman–Crippen MR) is 101 cm³/mol. The minimum absolute atomic E-state index is 0.297. The lowest BCUT2D eigenvalue weighted by atomic mass is 10.0. The number of benzene rings is 1. The van der Waals surface area contributed by atoms with Gasteiger partial charge >= 0.3 is 0 Å². The molecule has 0 unspecified atom stereocenters. The average Bonchev–Trinajstić information content (AvgIpc) is 2.99. The first-order valence-corrected chi connectivity index (χ1v) is 8.88. The molecule has 0 aliphatic carbocycles. The van der Waals surface area contributed by atoms with Gasteiger partial charge in [-0.2, -0.15) is 0 Å². The van der Waals surface area contributed by atoms with Crippen molar-refractivity contribution in [1.29, 1.82) is 0 Å². The lowest BCUT2D eigenvalue weighted by molar-refractivity contribution is 0.415. The third-order valence-corrected chi connectivity index (χ3v) is 5.26. The molecule has 1 aromatic carbocycles. The van der Waals surface area contributed by atoms with E-state index in [0.717, 1.165) is 46.3 Å². The smallest absolute Gasteiger partial charge is 0.139 e. The van der Waals surface area contributed by atoms with Crippen molar-refractivity contribution in [3.8, 4) is 16.9 Å². The zero-order chi connectivity index (χ0) is 17.4. The number of nitrogens with one attached hydrogen (secondary N) is 2. The number of hydrogen-bond acceptors (Lipinski definition) is 3. The van der Waals surface area contributed by atoms with E-state index in [2.05, 4.69) is 37.3 Å². The summed E-state index contributed by atoms with van der Waals surface area (Å²) in [5, 5.41) is 4.25. The van der Waals surface area contributed by atoms with Gasteiger partial charge in [-0.15, -0.1) is 0 Å². The van der Waals surface area contributed by atoms with Crippen LogP contribution >= 0.6 is 15.9 Å². The van der Waals surface area contributed by atoms with Crippen molar-refractivity contribution in [1.82, 2.24) is 15.3 Å². The number of H-pyrrole nitrogens is 1. The summed E-state index contributed by atoms with van der Waals surface area (Å²) < 4.78 is 20.2. The molecule has 0 saturated carbocycles. The maximum absolute atomic E-state index is 13.9. The molecule has 25 heavy (non-hydrogen) atoms. The maximum Gasteiger partial charge on any atom is 0.139 e. The van der Waals surface area contributed by atoms with E-state index in [-0.39, 0.29) is 5.82 Å². The molecule has 3 heterocycles. The molecule has 2 aromatic heterocycles. The SMILES string of the molecule is COc1ccc(F)cc1-c1ccnc2[nH]c(C3=CCNCC3)c(Br)c12. The Hall–Kier alpha value is -2.18. The standard InChI is InChI=1S/C19H17BrFN3O/c1-25-15-3-2-12(21)10-14(15)13-6-9-23-19-16(13)17(20)18(24-19)11-4-7-22-8-5-11/h2-4,6,9-10,22H,5,7-8H2,1H3,(H,23,24). The topological polar surface area (TPSA) is 49.9 Å². The van der Waals surface area contributed by atoms with Gasteiger partial charge in [0.2, 0.25) is 0 Å². The number of ether oxygens (including phenoxy) is 1. The van der Waals surface area contributed by atoms with Crippen LogP contribution in [0.25, 0.3) is 27.7 Å². The normalized spacial score (nSPS) is 14.6. The number of methoxy groups -OCH3 is 1. The lowest BCUT2D eigenvalue weighted by Crippen LogP contribution is -2.20. The van der Waals surface area contributed by atoms with Gasteiger partial charge in [-0.25, -0.2) is 9.37 Å². The number of hydrogen-bond donors (Lipinski definition) is 2. The first kappa shape index (κ1) is 16.3. The van der Waals surface area contributed by atoms with E-state index < -0.39 is 0 Å². The number of fused-ring (bicyclic) bond motifs is 1. The summed E-state index contributed by atoms with van der Waals surface area (Å²) in [7, 11) is 1.59. The summed E-state index contributed by atoms with van der Waals surface area (Å²) in [6, 6.07) is 6.43. The van der Waals surface area contributed by atoms with Crippen molar-refractivity contribution < 1.29 is 9.13 Å². The molecular formula is C19H17BrFN3O. The van der Waals surface area contributed by atoms with E-state index >= 15 is 0 Å². The molecule has 6 heteroatoms. The molecule has 1 aliphatic heterocycles. The zero-order valence-corrected chi connectivity index (χ0v) is 15.3. The van der Waals surface area contributed by atoms with Crippen molar-refractivity contribution in [2.24, 2.45) is 0 Å². The van der Waals surface area contributed by atoms with Gasteiger partial charge in [0, 0.05) is 23.7 Å². The van der Waals surface area contributed by atoms with Gasteiger partial charge in [-0.05, 0) is 64.3 Å². The molecule has 128 valence electrons. The van der Waals surface area contributed by atoms with Crippen LogP contribution in [0.3, 0.4) is 0 Å². The first-order chi connectivity index (χ1) is 12.2. The third kappa shape index (κ3) is 2.85. The summed E-state index contributed by atoms with van der Waals surface area (Å²) >= 11 is 3.73. The van der Waals surface area contributed by atoms with Crippen molar-refractivity contribution in [3.63, 3.8) is 0 Å². The van der Waals surface area contributed by atoms with Gasteiger partial charge in [0.05, 0.1) is 17.3 Å². The number of nitrogens with zero attached hydrogens (tertiary/aromatic N) is 1. The molecule has 0 radical (unpaired) electrons. The quantitative estimate of drug-likeness (QED) is 0.678.